The number of amides is 1. The second-order valence-electron chi connectivity index (χ2n) is 6.26. The van der Waals surface area contributed by atoms with E-state index in [0.717, 1.165) is 12.8 Å². The third kappa shape index (κ3) is 3.56. The normalized spacial score (nSPS) is 17.2. The second-order valence-corrected chi connectivity index (χ2v) is 6.26. The van der Waals surface area contributed by atoms with Crippen molar-refractivity contribution < 1.29 is 9.53 Å². The third-order valence-corrected chi connectivity index (χ3v) is 3.62. The smallest absolute Gasteiger partial charge is 0.228 e. The van der Waals surface area contributed by atoms with Crippen LogP contribution >= 0.6 is 0 Å². The van der Waals surface area contributed by atoms with Crippen molar-refractivity contribution >= 4 is 5.91 Å². The van der Waals surface area contributed by atoms with E-state index in [1.54, 1.807) is 13.3 Å². The number of rotatable bonds is 7. The van der Waals surface area contributed by atoms with Gasteiger partial charge in [-0.2, -0.15) is 5.10 Å². The van der Waals surface area contributed by atoms with Gasteiger partial charge in [0.1, 0.15) is 0 Å². The SMILES string of the molecule is COCC(C)(C)CNC(=O)C1(Cn2cccn2)CC1. The molecular weight excluding hydrogens is 242 g/mol. The summed E-state index contributed by atoms with van der Waals surface area (Å²) < 4.78 is 7.00. The molecule has 1 aliphatic carbocycles. The average molecular weight is 265 g/mol. The van der Waals surface area contributed by atoms with Crippen LogP contribution in [0, 0.1) is 10.8 Å². The van der Waals surface area contributed by atoms with E-state index < -0.39 is 0 Å². The number of hydrogen-bond acceptors (Lipinski definition) is 3. The molecule has 1 amide bonds. The number of aromatic nitrogens is 2. The molecule has 0 aliphatic heterocycles. The summed E-state index contributed by atoms with van der Waals surface area (Å²) >= 11 is 0. The van der Waals surface area contributed by atoms with Crippen molar-refractivity contribution in [3.8, 4) is 0 Å². The first-order chi connectivity index (χ1) is 8.97. The van der Waals surface area contributed by atoms with E-state index in [-0.39, 0.29) is 16.7 Å². The van der Waals surface area contributed by atoms with Crippen LogP contribution in [-0.2, 0) is 16.1 Å². The van der Waals surface area contributed by atoms with Crippen LogP contribution in [0.1, 0.15) is 26.7 Å². The van der Waals surface area contributed by atoms with E-state index in [4.69, 9.17) is 4.74 Å². The molecule has 2 rings (SSSR count). The average Bonchev–Trinajstić information content (AvgIpc) is 2.94. The number of methoxy groups -OCH3 is 1. The maximum Gasteiger partial charge on any atom is 0.228 e. The maximum absolute atomic E-state index is 12.3. The molecule has 0 aromatic carbocycles. The van der Waals surface area contributed by atoms with Crippen LogP contribution in [0.3, 0.4) is 0 Å². The lowest BCUT2D eigenvalue weighted by Crippen LogP contribution is -2.41. The Bertz CT molecular complexity index is 422. The minimum absolute atomic E-state index is 0.0355. The van der Waals surface area contributed by atoms with Crippen molar-refractivity contribution in [2.75, 3.05) is 20.3 Å². The molecule has 1 aliphatic rings. The summed E-state index contributed by atoms with van der Waals surface area (Å²) in [5.74, 6) is 0.146. The van der Waals surface area contributed by atoms with E-state index in [0.29, 0.717) is 19.7 Å². The zero-order chi connectivity index (χ0) is 13.9. The van der Waals surface area contributed by atoms with Crippen molar-refractivity contribution in [2.24, 2.45) is 10.8 Å². The van der Waals surface area contributed by atoms with Crippen LogP contribution in [0.25, 0.3) is 0 Å². The van der Waals surface area contributed by atoms with Gasteiger partial charge >= 0.3 is 0 Å². The Balaban J connectivity index is 1.86. The summed E-state index contributed by atoms with van der Waals surface area (Å²) in [7, 11) is 1.68. The van der Waals surface area contributed by atoms with Gasteiger partial charge < -0.3 is 10.1 Å². The molecule has 5 nitrogen and oxygen atoms in total. The number of nitrogens with zero attached hydrogens (tertiary/aromatic N) is 2. The van der Waals surface area contributed by atoms with E-state index in [9.17, 15) is 4.79 Å². The molecule has 1 aromatic rings. The van der Waals surface area contributed by atoms with Crippen LogP contribution in [0.2, 0.25) is 0 Å². The molecule has 1 N–H and O–H groups in total. The van der Waals surface area contributed by atoms with Crippen LogP contribution < -0.4 is 5.32 Å². The molecule has 0 radical (unpaired) electrons. The van der Waals surface area contributed by atoms with Gasteiger partial charge in [0.15, 0.2) is 0 Å². The Kier molecular flexibility index (Phi) is 3.94. The fraction of sp³-hybridized carbons (Fsp3) is 0.714. The molecule has 1 saturated carbocycles. The fourth-order valence-electron chi connectivity index (χ4n) is 2.26. The zero-order valence-electron chi connectivity index (χ0n) is 12.0. The molecule has 106 valence electrons. The molecule has 5 heteroatoms. The topological polar surface area (TPSA) is 56.1 Å². The Hall–Kier alpha value is -1.36. The molecule has 0 atom stereocenters. The molecule has 1 heterocycles. The number of carbonyl (C=O) groups excluding carboxylic acids is 1. The quantitative estimate of drug-likeness (QED) is 0.812. The minimum atomic E-state index is -0.241. The van der Waals surface area contributed by atoms with Gasteiger partial charge in [0, 0.05) is 31.5 Å². The van der Waals surface area contributed by atoms with Crippen LogP contribution in [0.5, 0.6) is 0 Å². The highest BCUT2D eigenvalue weighted by atomic mass is 16.5. The monoisotopic (exact) mass is 265 g/mol. The van der Waals surface area contributed by atoms with Crippen molar-refractivity contribution in [3.63, 3.8) is 0 Å². The van der Waals surface area contributed by atoms with Crippen LogP contribution in [0.4, 0.5) is 0 Å². The Morgan fingerprint density at radius 1 is 1.53 bits per heavy atom. The van der Waals surface area contributed by atoms with E-state index in [1.165, 1.54) is 0 Å². The molecule has 0 bridgehead atoms. The molecule has 0 saturated heterocycles. The number of ether oxygens (including phenoxy) is 1. The van der Waals surface area contributed by atoms with Gasteiger partial charge in [0.2, 0.25) is 5.91 Å². The summed E-state index contributed by atoms with van der Waals surface area (Å²) in [6, 6.07) is 1.88. The van der Waals surface area contributed by atoms with Gasteiger partial charge in [-0.3, -0.25) is 9.48 Å². The summed E-state index contributed by atoms with van der Waals surface area (Å²) in [5.41, 5.74) is -0.276. The fourth-order valence-corrected chi connectivity index (χ4v) is 2.26. The van der Waals surface area contributed by atoms with Gasteiger partial charge in [-0.25, -0.2) is 0 Å². The van der Waals surface area contributed by atoms with Crippen molar-refractivity contribution in [1.82, 2.24) is 15.1 Å². The Morgan fingerprint density at radius 2 is 2.26 bits per heavy atom. The highest BCUT2D eigenvalue weighted by molar-refractivity contribution is 5.85. The third-order valence-electron chi connectivity index (χ3n) is 3.62. The molecule has 1 fully saturated rings. The standard InChI is InChI=1S/C14H23N3O2/c1-13(2,11-19-3)9-15-12(18)14(5-6-14)10-17-8-4-7-16-17/h4,7-8H,5-6,9-11H2,1-3H3,(H,15,18). The number of nitrogens with one attached hydrogen (secondary N) is 1. The lowest BCUT2D eigenvalue weighted by molar-refractivity contribution is -0.127. The molecule has 1 aromatic heterocycles. The lowest BCUT2D eigenvalue weighted by Gasteiger charge is -2.25. The van der Waals surface area contributed by atoms with E-state index in [1.807, 2.05) is 16.9 Å². The van der Waals surface area contributed by atoms with Gasteiger partial charge in [-0.05, 0) is 18.9 Å². The van der Waals surface area contributed by atoms with E-state index in [2.05, 4.69) is 24.3 Å². The van der Waals surface area contributed by atoms with Gasteiger partial charge in [-0.1, -0.05) is 13.8 Å². The van der Waals surface area contributed by atoms with Crippen molar-refractivity contribution in [2.45, 2.75) is 33.2 Å². The van der Waals surface area contributed by atoms with Gasteiger partial charge in [-0.15, -0.1) is 0 Å². The zero-order valence-corrected chi connectivity index (χ0v) is 12.0. The van der Waals surface area contributed by atoms with Gasteiger partial charge in [0.05, 0.1) is 18.6 Å². The molecule has 0 spiro atoms. The predicted molar refractivity (Wildman–Crippen MR) is 72.6 cm³/mol. The number of hydrogen-bond donors (Lipinski definition) is 1. The summed E-state index contributed by atoms with van der Waals surface area (Å²) in [5, 5.41) is 7.24. The first-order valence-electron chi connectivity index (χ1n) is 6.72. The first-order valence-corrected chi connectivity index (χ1v) is 6.72. The van der Waals surface area contributed by atoms with Crippen molar-refractivity contribution in [3.05, 3.63) is 18.5 Å². The maximum atomic E-state index is 12.3. The Morgan fingerprint density at radius 3 is 2.79 bits per heavy atom. The first kappa shape index (κ1) is 14.1. The summed E-state index contributed by atoms with van der Waals surface area (Å²) in [6.07, 6.45) is 5.55. The molecule has 19 heavy (non-hydrogen) atoms. The van der Waals surface area contributed by atoms with Gasteiger partial charge in [0.25, 0.3) is 0 Å². The highest BCUT2D eigenvalue weighted by Gasteiger charge is 2.50. The largest absolute Gasteiger partial charge is 0.384 e. The Labute approximate surface area is 114 Å². The minimum Gasteiger partial charge on any atom is -0.384 e. The van der Waals surface area contributed by atoms with Crippen LogP contribution in [-0.4, -0.2) is 35.9 Å². The second kappa shape index (κ2) is 5.33. The summed E-state index contributed by atoms with van der Waals surface area (Å²) in [6.45, 7) is 6.13. The predicted octanol–water partition coefficient (Wildman–Crippen LogP) is 1.45. The number of carbonyl (C=O) groups is 1. The summed E-state index contributed by atoms with van der Waals surface area (Å²) in [4.78, 5) is 12.3. The highest BCUT2D eigenvalue weighted by Crippen LogP contribution is 2.47. The van der Waals surface area contributed by atoms with E-state index >= 15 is 0 Å². The lowest BCUT2D eigenvalue weighted by atomic mass is 9.94. The molecular formula is C14H23N3O2. The van der Waals surface area contributed by atoms with Crippen molar-refractivity contribution in [1.29, 1.82) is 0 Å². The van der Waals surface area contributed by atoms with Crippen LogP contribution in [0.15, 0.2) is 18.5 Å². The molecule has 0 unspecified atom stereocenters.